The molecule has 2 atom stereocenters. The van der Waals surface area contributed by atoms with E-state index in [0.29, 0.717) is 29.5 Å². The van der Waals surface area contributed by atoms with Crippen LogP contribution in [0.1, 0.15) is 67.0 Å². The summed E-state index contributed by atoms with van der Waals surface area (Å²) in [6.45, 7) is 0. The lowest BCUT2D eigenvalue weighted by molar-refractivity contribution is 0.0751. The van der Waals surface area contributed by atoms with Gasteiger partial charge in [-0.2, -0.15) is 5.10 Å². The van der Waals surface area contributed by atoms with Gasteiger partial charge in [-0.15, -0.1) is 0 Å². The molecule has 2 bridgehead atoms. The Hall–Kier alpha value is -0.880. The predicted octanol–water partition coefficient (Wildman–Crippen LogP) is 2.69. The molecule has 1 aromatic heterocycles. The van der Waals surface area contributed by atoms with Gasteiger partial charge in [-0.3, -0.25) is 9.89 Å². The Labute approximate surface area is 138 Å². The molecule has 120 valence electrons. The van der Waals surface area contributed by atoms with Crippen molar-refractivity contribution in [1.82, 2.24) is 15.5 Å². The summed E-state index contributed by atoms with van der Waals surface area (Å²) in [7, 11) is 0. The zero-order valence-electron chi connectivity index (χ0n) is 12.6. The van der Waals surface area contributed by atoms with Gasteiger partial charge in [-0.25, -0.2) is 0 Å². The van der Waals surface area contributed by atoms with Crippen LogP contribution in [0.15, 0.2) is 4.47 Å². The summed E-state index contributed by atoms with van der Waals surface area (Å²) in [5.41, 5.74) is 7.75. The molecule has 4 rings (SSSR count). The second-order valence-corrected chi connectivity index (χ2v) is 8.05. The molecule has 0 aromatic carbocycles. The number of aromatic amines is 1. The maximum Gasteiger partial charge on any atom is 0.273 e. The monoisotopic (exact) mass is 366 g/mol. The molecule has 1 amide bonds. The van der Waals surface area contributed by atoms with Crippen LogP contribution in [0.3, 0.4) is 0 Å². The zero-order chi connectivity index (χ0) is 15.3. The average Bonchev–Trinajstić information content (AvgIpc) is 3.23. The van der Waals surface area contributed by atoms with Crippen LogP contribution >= 0.6 is 15.9 Å². The first-order valence-electron chi connectivity index (χ1n) is 8.43. The molecule has 3 aliphatic rings. The number of hydrogen-bond donors (Lipinski definition) is 3. The van der Waals surface area contributed by atoms with Gasteiger partial charge >= 0.3 is 0 Å². The molecule has 4 N–H and O–H groups in total. The highest BCUT2D eigenvalue weighted by atomic mass is 79.9. The number of nitrogens with one attached hydrogen (secondary N) is 2. The van der Waals surface area contributed by atoms with Crippen molar-refractivity contribution in [3.05, 3.63) is 15.9 Å². The predicted molar refractivity (Wildman–Crippen MR) is 87.6 cm³/mol. The lowest BCUT2D eigenvalue weighted by Crippen LogP contribution is -2.53. The number of hydrogen-bond acceptors (Lipinski definition) is 3. The number of rotatable bonds is 3. The average molecular weight is 367 g/mol. The number of nitrogens with two attached hydrogens (primary N) is 1. The summed E-state index contributed by atoms with van der Waals surface area (Å²) in [5.74, 6) is 1.57. The smallest absolute Gasteiger partial charge is 0.273 e. The molecule has 0 spiro atoms. The molecule has 5 nitrogen and oxygen atoms in total. The van der Waals surface area contributed by atoms with Crippen molar-refractivity contribution in [2.75, 3.05) is 0 Å². The maximum atomic E-state index is 12.6. The van der Waals surface area contributed by atoms with E-state index in [1.54, 1.807) is 0 Å². The van der Waals surface area contributed by atoms with Gasteiger partial charge in [0.05, 0.1) is 10.2 Å². The Bertz CT molecular complexity index is 569. The second-order valence-electron chi connectivity index (χ2n) is 7.26. The third-order valence-electron chi connectivity index (χ3n) is 5.61. The summed E-state index contributed by atoms with van der Waals surface area (Å²) >= 11 is 3.55. The van der Waals surface area contributed by atoms with Gasteiger partial charge in [0.25, 0.3) is 5.91 Å². The quantitative estimate of drug-likeness (QED) is 0.768. The van der Waals surface area contributed by atoms with Crippen molar-refractivity contribution in [1.29, 1.82) is 0 Å². The Kier molecular flexibility index (Phi) is 3.77. The highest BCUT2D eigenvalue weighted by Gasteiger charge is 2.40. The van der Waals surface area contributed by atoms with Gasteiger partial charge in [-0.1, -0.05) is 6.42 Å². The van der Waals surface area contributed by atoms with Crippen LogP contribution in [-0.4, -0.2) is 28.2 Å². The van der Waals surface area contributed by atoms with Crippen LogP contribution in [0.4, 0.5) is 0 Å². The Morgan fingerprint density at radius 3 is 2.55 bits per heavy atom. The molecule has 3 fully saturated rings. The van der Waals surface area contributed by atoms with Crippen molar-refractivity contribution in [2.45, 2.75) is 62.9 Å². The molecule has 2 unspecified atom stereocenters. The van der Waals surface area contributed by atoms with E-state index in [4.69, 9.17) is 5.73 Å². The first-order chi connectivity index (χ1) is 10.6. The van der Waals surface area contributed by atoms with Crippen molar-refractivity contribution in [2.24, 2.45) is 17.6 Å². The Morgan fingerprint density at radius 2 is 1.91 bits per heavy atom. The van der Waals surface area contributed by atoms with Gasteiger partial charge < -0.3 is 11.1 Å². The van der Waals surface area contributed by atoms with E-state index >= 15 is 0 Å². The number of nitrogens with zero attached hydrogens (tertiary/aromatic N) is 1. The Balaban J connectivity index is 1.49. The minimum Gasteiger partial charge on any atom is -0.347 e. The topological polar surface area (TPSA) is 83.8 Å². The van der Waals surface area contributed by atoms with Crippen LogP contribution < -0.4 is 11.1 Å². The van der Waals surface area contributed by atoms with Crippen molar-refractivity contribution < 1.29 is 4.79 Å². The van der Waals surface area contributed by atoms with E-state index < -0.39 is 0 Å². The maximum absolute atomic E-state index is 12.6. The lowest BCUT2D eigenvalue weighted by Gasteiger charge is -2.45. The first kappa shape index (κ1) is 14.7. The van der Waals surface area contributed by atoms with Crippen molar-refractivity contribution >= 4 is 21.8 Å². The SMILES string of the molecule is NC1CC2CCCC(C1)C2NC(=O)c1n[nH]c(C2CC2)c1Br. The number of H-pyrrole nitrogens is 1. The van der Waals surface area contributed by atoms with Crippen LogP contribution in [0, 0.1) is 11.8 Å². The van der Waals surface area contributed by atoms with Crippen LogP contribution in [0.2, 0.25) is 0 Å². The summed E-state index contributed by atoms with van der Waals surface area (Å²) < 4.78 is 0.852. The minimum absolute atomic E-state index is 0.0487. The van der Waals surface area contributed by atoms with E-state index in [0.717, 1.165) is 23.0 Å². The van der Waals surface area contributed by atoms with E-state index in [-0.39, 0.29) is 11.9 Å². The summed E-state index contributed by atoms with van der Waals surface area (Å²) in [6.07, 6.45) is 8.09. The molecule has 0 aliphatic heterocycles. The summed E-state index contributed by atoms with van der Waals surface area (Å²) in [6, 6.07) is 0.580. The molecule has 1 aromatic rings. The number of aromatic nitrogens is 2. The third-order valence-corrected chi connectivity index (χ3v) is 6.41. The summed E-state index contributed by atoms with van der Waals surface area (Å²) in [5, 5.41) is 10.5. The highest BCUT2D eigenvalue weighted by molar-refractivity contribution is 9.10. The van der Waals surface area contributed by atoms with E-state index in [1.165, 1.54) is 32.1 Å². The molecule has 22 heavy (non-hydrogen) atoms. The fourth-order valence-electron chi connectivity index (χ4n) is 4.38. The fraction of sp³-hybridized carbons (Fsp3) is 0.750. The molecule has 1 heterocycles. The van der Waals surface area contributed by atoms with Crippen molar-refractivity contribution in [3.8, 4) is 0 Å². The molecule has 6 heteroatoms. The van der Waals surface area contributed by atoms with Crippen LogP contribution in [0.25, 0.3) is 0 Å². The van der Waals surface area contributed by atoms with Gasteiger partial charge in [0.15, 0.2) is 5.69 Å². The number of carbonyl (C=O) groups is 1. The van der Waals surface area contributed by atoms with Gasteiger partial charge in [0.2, 0.25) is 0 Å². The zero-order valence-corrected chi connectivity index (χ0v) is 14.2. The number of halogens is 1. The third kappa shape index (κ3) is 2.60. The summed E-state index contributed by atoms with van der Waals surface area (Å²) in [4.78, 5) is 12.6. The largest absolute Gasteiger partial charge is 0.347 e. The number of carbonyl (C=O) groups excluding carboxylic acids is 1. The fourth-order valence-corrected chi connectivity index (χ4v) is 5.06. The molecular weight excluding hydrogens is 344 g/mol. The van der Waals surface area contributed by atoms with Gasteiger partial charge in [0, 0.05) is 18.0 Å². The van der Waals surface area contributed by atoms with E-state index in [1.807, 2.05) is 0 Å². The normalized spacial score (nSPS) is 34.5. The standard InChI is InChI=1S/C16H23BrN4O/c17-12-14(8-4-5-8)20-21-15(12)16(22)19-13-9-2-1-3-10(13)7-11(18)6-9/h8-11,13H,1-7,18H2,(H,19,22)(H,20,21). The first-order valence-corrected chi connectivity index (χ1v) is 9.23. The van der Waals surface area contributed by atoms with Gasteiger partial charge in [0.1, 0.15) is 0 Å². The molecule has 3 saturated carbocycles. The molecule has 3 aliphatic carbocycles. The van der Waals surface area contributed by atoms with E-state index in [2.05, 4.69) is 31.4 Å². The minimum atomic E-state index is -0.0487. The van der Waals surface area contributed by atoms with Gasteiger partial charge in [-0.05, 0) is 66.3 Å². The Morgan fingerprint density at radius 1 is 1.23 bits per heavy atom. The van der Waals surface area contributed by atoms with Crippen molar-refractivity contribution in [3.63, 3.8) is 0 Å². The lowest BCUT2D eigenvalue weighted by atomic mass is 9.67. The second kappa shape index (κ2) is 5.64. The van der Waals surface area contributed by atoms with Crippen LogP contribution in [-0.2, 0) is 0 Å². The van der Waals surface area contributed by atoms with Crippen LogP contribution in [0.5, 0.6) is 0 Å². The van der Waals surface area contributed by atoms with E-state index in [9.17, 15) is 4.79 Å². The molecular formula is C16H23BrN4O. The molecule has 0 saturated heterocycles. The number of amides is 1. The highest BCUT2D eigenvalue weighted by Crippen LogP contribution is 2.43. The number of fused-ring (bicyclic) bond motifs is 2. The molecule has 0 radical (unpaired) electrons.